The van der Waals surface area contributed by atoms with Gasteiger partial charge >= 0.3 is 0 Å². The van der Waals surface area contributed by atoms with Crippen molar-refractivity contribution in [3.8, 4) is 0 Å². The number of carbonyl (C=O) groups excluding carboxylic acids is 2. The Kier molecular flexibility index (Phi) is 10.8. The first-order valence-corrected chi connectivity index (χ1v) is 16.8. The number of rotatable bonds is 10. The van der Waals surface area contributed by atoms with E-state index in [9.17, 15) is 18.0 Å². The molecular formula is C33H39Cl2N3O4S. The van der Waals surface area contributed by atoms with Crippen LogP contribution >= 0.6 is 23.2 Å². The summed E-state index contributed by atoms with van der Waals surface area (Å²) in [6, 6.07) is 16.0. The molecule has 10 heteroatoms. The fourth-order valence-corrected chi connectivity index (χ4v) is 7.35. The molecule has 3 aromatic rings. The van der Waals surface area contributed by atoms with Gasteiger partial charge in [-0.15, -0.1) is 0 Å². The second kappa shape index (κ2) is 14.1. The van der Waals surface area contributed by atoms with Crippen LogP contribution in [0.15, 0.2) is 65.6 Å². The van der Waals surface area contributed by atoms with E-state index in [1.165, 1.54) is 17.0 Å². The summed E-state index contributed by atoms with van der Waals surface area (Å²) in [5, 5.41) is 3.80. The van der Waals surface area contributed by atoms with Crippen LogP contribution in [0.3, 0.4) is 0 Å². The zero-order valence-corrected chi connectivity index (χ0v) is 27.4. The fourth-order valence-electron chi connectivity index (χ4n) is 5.36. The van der Waals surface area contributed by atoms with Crippen LogP contribution in [-0.4, -0.2) is 43.8 Å². The molecule has 7 nitrogen and oxygen atoms in total. The maximum Gasteiger partial charge on any atom is 0.264 e. The third kappa shape index (κ3) is 7.72. The zero-order valence-electron chi connectivity index (χ0n) is 25.1. The van der Waals surface area contributed by atoms with Crippen LogP contribution in [0, 0.1) is 20.8 Å². The summed E-state index contributed by atoms with van der Waals surface area (Å²) in [6.45, 7) is 6.65. The summed E-state index contributed by atoms with van der Waals surface area (Å²) in [7, 11) is -4.16. The SMILES string of the molecule is Cc1ccc(S(=O)(=O)N(CC(=O)N(Cc2c(Cl)cccc2Cl)C(C)C(=O)NC2CCCCC2)c2cccc(C)c2C)cc1. The molecule has 3 aromatic carbocycles. The van der Waals surface area contributed by atoms with Crippen molar-refractivity contribution in [2.24, 2.45) is 0 Å². The van der Waals surface area contributed by atoms with E-state index in [1.807, 2.05) is 26.8 Å². The smallest absolute Gasteiger partial charge is 0.264 e. The minimum atomic E-state index is -4.16. The fraction of sp³-hybridized carbons (Fsp3) is 0.394. The van der Waals surface area contributed by atoms with Gasteiger partial charge in [-0.1, -0.05) is 78.4 Å². The van der Waals surface area contributed by atoms with E-state index in [-0.39, 0.29) is 23.4 Å². The van der Waals surface area contributed by atoms with Crippen LogP contribution < -0.4 is 9.62 Å². The summed E-state index contributed by atoms with van der Waals surface area (Å²) in [5.41, 5.74) is 3.40. The highest BCUT2D eigenvalue weighted by atomic mass is 35.5. The second-order valence-corrected chi connectivity index (χ2v) is 14.0. The van der Waals surface area contributed by atoms with Crippen LogP contribution in [0.25, 0.3) is 0 Å². The number of anilines is 1. The van der Waals surface area contributed by atoms with Crippen molar-refractivity contribution in [3.05, 3.63) is 93.0 Å². The van der Waals surface area contributed by atoms with Gasteiger partial charge in [0, 0.05) is 28.2 Å². The van der Waals surface area contributed by atoms with Crippen molar-refractivity contribution >= 4 is 50.7 Å². The first-order chi connectivity index (χ1) is 20.4. The third-order valence-corrected chi connectivity index (χ3v) is 10.7. The Hall–Kier alpha value is -3.07. The van der Waals surface area contributed by atoms with Gasteiger partial charge in [-0.05, 0) is 82.0 Å². The zero-order chi connectivity index (χ0) is 31.3. The number of hydrogen-bond donors (Lipinski definition) is 1. The lowest BCUT2D eigenvalue weighted by Crippen LogP contribution is -2.53. The molecule has 1 fully saturated rings. The normalized spacial score (nSPS) is 14.7. The Morgan fingerprint density at radius 3 is 2.14 bits per heavy atom. The first-order valence-electron chi connectivity index (χ1n) is 14.6. The predicted molar refractivity (Wildman–Crippen MR) is 173 cm³/mol. The van der Waals surface area contributed by atoms with E-state index in [2.05, 4.69) is 5.32 Å². The lowest BCUT2D eigenvalue weighted by molar-refractivity contribution is -0.139. The van der Waals surface area contributed by atoms with Crippen molar-refractivity contribution in [1.82, 2.24) is 10.2 Å². The maximum absolute atomic E-state index is 14.3. The molecule has 1 aliphatic carbocycles. The molecule has 0 bridgehead atoms. The highest BCUT2D eigenvalue weighted by Gasteiger charge is 2.34. The molecule has 0 heterocycles. The highest BCUT2D eigenvalue weighted by molar-refractivity contribution is 7.92. The number of amides is 2. The Labute approximate surface area is 265 Å². The van der Waals surface area contributed by atoms with Crippen LogP contribution in [-0.2, 0) is 26.2 Å². The number of sulfonamides is 1. The summed E-state index contributed by atoms with van der Waals surface area (Å²) >= 11 is 13.0. The van der Waals surface area contributed by atoms with Crippen molar-refractivity contribution in [2.75, 3.05) is 10.8 Å². The summed E-state index contributed by atoms with van der Waals surface area (Å²) in [5.74, 6) is -0.859. The van der Waals surface area contributed by atoms with E-state index < -0.39 is 28.5 Å². The quantitative estimate of drug-likeness (QED) is 0.258. The largest absolute Gasteiger partial charge is 0.352 e. The van der Waals surface area contributed by atoms with Crippen LogP contribution in [0.1, 0.15) is 61.3 Å². The van der Waals surface area contributed by atoms with Gasteiger partial charge in [0.2, 0.25) is 11.8 Å². The number of nitrogens with zero attached hydrogens (tertiary/aromatic N) is 2. The lowest BCUT2D eigenvalue weighted by atomic mass is 9.95. The van der Waals surface area contributed by atoms with Gasteiger partial charge in [0.25, 0.3) is 10.0 Å². The Morgan fingerprint density at radius 1 is 0.907 bits per heavy atom. The number of hydrogen-bond acceptors (Lipinski definition) is 4. The number of benzene rings is 3. The molecule has 0 aliphatic heterocycles. The molecule has 1 aliphatic rings. The number of carbonyl (C=O) groups is 2. The van der Waals surface area contributed by atoms with Gasteiger partial charge in [0.15, 0.2) is 0 Å². The summed E-state index contributed by atoms with van der Waals surface area (Å²) in [4.78, 5) is 29.2. The monoisotopic (exact) mass is 643 g/mol. The molecule has 230 valence electrons. The van der Waals surface area contributed by atoms with Gasteiger partial charge in [-0.2, -0.15) is 0 Å². The van der Waals surface area contributed by atoms with Crippen LogP contribution in [0.2, 0.25) is 10.0 Å². The Balaban J connectivity index is 1.74. The van der Waals surface area contributed by atoms with Gasteiger partial charge < -0.3 is 10.2 Å². The van der Waals surface area contributed by atoms with E-state index in [1.54, 1.807) is 49.4 Å². The van der Waals surface area contributed by atoms with Crippen molar-refractivity contribution in [2.45, 2.75) is 83.3 Å². The van der Waals surface area contributed by atoms with Gasteiger partial charge in [0.1, 0.15) is 12.6 Å². The molecule has 2 amide bonds. The molecule has 0 radical (unpaired) electrons. The topological polar surface area (TPSA) is 86.8 Å². The summed E-state index contributed by atoms with van der Waals surface area (Å²) < 4.78 is 29.4. The second-order valence-electron chi connectivity index (χ2n) is 11.3. The van der Waals surface area contributed by atoms with Gasteiger partial charge in [-0.3, -0.25) is 13.9 Å². The molecule has 4 rings (SSSR count). The molecule has 1 saturated carbocycles. The standard InChI is InChI=1S/C33H39Cl2N3O4S/c1-22-16-18-27(19-17-22)43(41,42)38(31-15-8-10-23(2)24(31)3)21-32(39)37(20-28-29(34)13-9-14-30(28)35)25(4)33(40)36-26-11-6-5-7-12-26/h8-10,13-19,25-26H,5-7,11-12,20-21H2,1-4H3,(H,36,40). The first kappa shape index (κ1) is 32.8. The van der Waals surface area contributed by atoms with E-state index in [0.717, 1.165) is 53.1 Å². The molecule has 0 aromatic heterocycles. The van der Waals surface area contributed by atoms with Gasteiger partial charge in [-0.25, -0.2) is 8.42 Å². The average molecular weight is 645 g/mol. The molecule has 0 saturated heterocycles. The Morgan fingerprint density at radius 2 is 1.51 bits per heavy atom. The Bertz CT molecular complexity index is 1550. The lowest BCUT2D eigenvalue weighted by Gasteiger charge is -2.34. The third-order valence-electron chi connectivity index (χ3n) is 8.24. The molecule has 1 atom stereocenters. The average Bonchev–Trinajstić information content (AvgIpc) is 2.97. The van der Waals surface area contributed by atoms with Gasteiger partial charge in [0.05, 0.1) is 10.6 Å². The van der Waals surface area contributed by atoms with Crippen LogP contribution in [0.4, 0.5) is 5.69 Å². The molecule has 1 N–H and O–H groups in total. The molecule has 1 unspecified atom stereocenters. The van der Waals surface area contributed by atoms with E-state index in [4.69, 9.17) is 23.2 Å². The van der Waals surface area contributed by atoms with Crippen molar-refractivity contribution < 1.29 is 18.0 Å². The van der Waals surface area contributed by atoms with Crippen molar-refractivity contribution in [3.63, 3.8) is 0 Å². The number of nitrogens with one attached hydrogen (secondary N) is 1. The molecular weight excluding hydrogens is 605 g/mol. The predicted octanol–water partition coefficient (Wildman–Crippen LogP) is 6.98. The minimum Gasteiger partial charge on any atom is -0.352 e. The summed E-state index contributed by atoms with van der Waals surface area (Å²) in [6.07, 6.45) is 4.99. The highest BCUT2D eigenvalue weighted by Crippen LogP contribution is 2.31. The number of aryl methyl sites for hydroxylation is 2. The van der Waals surface area contributed by atoms with E-state index >= 15 is 0 Å². The number of halogens is 2. The maximum atomic E-state index is 14.3. The van der Waals surface area contributed by atoms with Crippen molar-refractivity contribution in [1.29, 1.82) is 0 Å². The molecule has 0 spiro atoms. The van der Waals surface area contributed by atoms with Crippen LogP contribution in [0.5, 0.6) is 0 Å². The van der Waals surface area contributed by atoms with E-state index in [0.29, 0.717) is 21.3 Å². The minimum absolute atomic E-state index is 0.0397. The molecule has 43 heavy (non-hydrogen) atoms.